The van der Waals surface area contributed by atoms with Gasteiger partial charge in [-0.3, -0.25) is 14.5 Å². The van der Waals surface area contributed by atoms with Gasteiger partial charge in [-0.2, -0.15) is 0 Å². The van der Waals surface area contributed by atoms with E-state index >= 15 is 0 Å². The van der Waals surface area contributed by atoms with Gasteiger partial charge in [0.15, 0.2) is 0 Å². The molecule has 160 valence electrons. The number of amides is 1. The minimum absolute atomic E-state index is 0.152. The molecule has 1 fully saturated rings. The maximum absolute atomic E-state index is 12.6. The van der Waals surface area contributed by atoms with Crippen LogP contribution in [0.5, 0.6) is 0 Å². The van der Waals surface area contributed by atoms with E-state index in [1.807, 2.05) is 11.0 Å². The minimum atomic E-state index is -0.160. The Labute approximate surface area is 181 Å². The molecule has 0 radical (unpaired) electrons. The van der Waals surface area contributed by atoms with Crippen molar-refractivity contribution in [3.8, 4) is 11.3 Å². The molecular formula is C25H28N4O2. The summed E-state index contributed by atoms with van der Waals surface area (Å²) in [5.41, 5.74) is 3.39. The van der Waals surface area contributed by atoms with Crippen LogP contribution in [0.1, 0.15) is 18.9 Å². The summed E-state index contributed by atoms with van der Waals surface area (Å²) in [5, 5.41) is 2.48. The van der Waals surface area contributed by atoms with Crippen molar-refractivity contribution in [1.82, 2.24) is 19.8 Å². The first-order valence-corrected chi connectivity index (χ1v) is 10.6. The second-order valence-corrected chi connectivity index (χ2v) is 8.09. The fourth-order valence-corrected chi connectivity index (χ4v) is 4.18. The number of carbonyl (C=O) groups is 1. The number of aromatic amines is 2. The van der Waals surface area contributed by atoms with E-state index in [9.17, 15) is 9.59 Å². The van der Waals surface area contributed by atoms with Crippen LogP contribution in [0.15, 0.2) is 47.8 Å². The van der Waals surface area contributed by atoms with Gasteiger partial charge in [0.1, 0.15) is 0 Å². The number of carbonyl (C=O) groups excluding carboxylic acids is 1. The Morgan fingerprint density at radius 3 is 2.74 bits per heavy atom. The molecule has 1 amide bonds. The number of nitrogens with zero attached hydrogens (tertiary/aromatic N) is 2. The summed E-state index contributed by atoms with van der Waals surface area (Å²) in [6.45, 7) is 13.7. The molecule has 6 nitrogen and oxygen atoms in total. The first-order valence-electron chi connectivity index (χ1n) is 10.6. The minimum Gasteiger partial charge on any atom is -0.354 e. The first-order chi connectivity index (χ1) is 14.9. The van der Waals surface area contributed by atoms with Gasteiger partial charge < -0.3 is 14.9 Å². The molecule has 1 aliphatic heterocycles. The SMILES string of the molecule is C=C/C=c1/[nH]c(=O)c(-c2cc3cc(CN4CCCN(C(C)=O)CC4)ccc3[nH]2)cc1=C. The maximum atomic E-state index is 12.6. The number of aromatic nitrogens is 2. The zero-order valence-corrected chi connectivity index (χ0v) is 17.9. The number of benzene rings is 1. The summed E-state index contributed by atoms with van der Waals surface area (Å²) in [6, 6.07) is 10.2. The summed E-state index contributed by atoms with van der Waals surface area (Å²) in [4.78, 5) is 34.8. The molecule has 0 bridgehead atoms. The van der Waals surface area contributed by atoms with E-state index in [1.165, 1.54) is 5.56 Å². The second-order valence-electron chi connectivity index (χ2n) is 8.09. The first kappa shape index (κ1) is 20.9. The third-order valence-corrected chi connectivity index (χ3v) is 5.86. The van der Waals surface area contributed by atoms with Crippen LogP contribution in [0.2, 0.25) is 0 Å². The summed E-state index contributed by atoms with van der Waals surface area (Å²) in [7, 11) is 0. The highest BCUT2D eigenvalue weighted by Crippen LogP contribution is 2.23. The third-order valence-electron chi connectivity index (χ3n) is 5.86. The van der Waals surface area contributed by atoms with Crippen molar-refractivity contribution in [2.45, 2.75) is 19.9 Å². The zero-order valence-electron chi connectivity index (χ0n) is 17.9. The van der Waals surface area contributed by atoms with Crippen molar-refractivity contribution in [3.05, 3.63) is 69.5 Å². The average Bonchev–Trinajstić information content (AvgIpc) is 3.00. The highest BCUT2D eigenvalue weighted by atomic mass is 16.2. The summed E-state index contributed by atoms with van der Waals surface area (Å²) in [6.07, 6.45) is 4.36. The zero-order chi connectivity index (χ0) is 22.0. The predicted octanol–water partition coefficient (Wildman–Crippen LogP) is 1.95. The third kappa shape index (κ3) is 4.54. The van der Waals surface area contributed by atoms with E-state index < -0.39 is 0 Å². The maximum Gasteiger partial charge on any atom is 0.257 e. The van der Waals surface area contributed by atoms with Crippen molar-refractivity contribution >= 4 is 29.5 Å². The number of rotatable bonds is 4. The van der Waals surface area contributed by atoms with Crippen molar-refractivity contribution < 1.29 is 4.79 Å². The lowest BCUT2D eigenvalue weighted by molar-refractivity contribution is -0.128. The number of hydrogen-bond acceptors (Lipinski definition) is 3. The van der Waals surface area contributed by atoms with Gasteiger partial charge in [-0.1, -0.05) is 25.3 Å². The molecule has 0 spiro atoms. The van der Waals surface area contributed by atoms with E-state index in [1.54, 1.807) is 25.1 Å². The Balaban J connectivity index is 1.58. The number of hydrogen-bond donors (Lipinski definition) is 2. The Bertz CT molecular complexity index is 1300. The Morgan fingerprint density at radius 1 is 1.13 bits per heavy atom. The van der Waals surface area contributed by atoms with Crippen LogP contribution in [0.4, 0.5) is 0 Å². The molecule has 3 heterocycles. The molecule has 0 saturated carbocycles. The number of allylic oxidation sites excluding steroid dienone is 1. The highest BCUT2D eigenvalue weighted by Gasteiger charge is 2.17. The van der Waals surface area contributed by atoms with Gasteiger partial charge in [-0.15, -0.1) is 0 Å². The van der Waals surface area contributed by atoms with Crippen LogP contribution >= 0.6 is 0 Å². The predicted molar refractivity (Wildman–Crippen MR) is 126 cm³/mol. The van der Waals surface area contributed by atoms with Crippen LogP contribution in [0.25, 0.3) is 34.8 Å². The monoisotopic (exact) mass is 416 g/mol. The number of pyridine rings is 1. The molecule has 31 heavy (non-hydrogen) atoms. The van der Waals surface area contributed by atoms with E-state index in [2.05, 4.69) is 46.2 Å². The van der Waals surface area contributed by atoms with E-state index in [4.69, 9.17) is 0 Å². The quantitative estimate of drug-likeness (QED) is 0.683. The van der Waals surface area contributed by atoms with E-state index in [-0.39, 0.29) is 11.5 Å². The van der Waals surface area contributed by atoms with Crippen LogP contribution in [0, 0.1) is 0 Å². The van der Waals surface area contributed by atoms with Crippen molar-refractivity contribution in [1.29, 1.82) is 0 Å². The molecule has 0 atom stereocenters. The molecular weight excluding hydrogens is 388 g/mol. The van der Waals surface area contributed by atoms with Crippen LogP contribution < -0.4 is 16.1 Å². The van der Waals surface area contributed by atoms with E-state index in [0.29, 0.717) is 10.9 Å². The number of fused-ring (bicyclic) bond motifs is 1. The lowest BCUT2D eigenvalue weighted by Crippen LogP contribution is -2.33. The molecule has 2 N–H and O–H groups in total. The molecule has 2 aromatic heterocycles. The van der Waals surface area contributed by atoms with Crippen LogP contribution in [-0.4, -0.2) is 51.9 Å². The van der Waals surface area contributed by atoms with Crippen LogP contribution in [-0.2, 0) is 11.3 Å². The van der Waals surface area contributed by atoms with Crippen molar-refractivity contribution in [2.75, 3.05) is 26.2 Å². The average molecular weight is 417 g/mol. The summed E-state index contributed by atoms with van der Waals surface area (Å²) < 4.78 is 0. The topological polar surface area (TPSA) is 72.2 Å². The Hall–Kier alpha value is -3.38. The fourth-order valence-electron chi connectivity index (χ4n) is 4.18. The summed E-state index contributed by atoms with van der Waals surface area (Å²) in [5.74, 6) is 0.152. The molecule has 4 rings (SSSR count). The number of H-pyrrole nitrogens is 2. The van der Waals surface area contributed by atoms with Gasteiger partial charge >= 0.3 is 0 Å². The molecule has 1 aromatic carbocycles. The molecule has 3 aromatic rings. The van der Waals surface area contributed by atoms with Gasteiger partial charge in [0.25, 0.3) is 5.56 Å². The largest absolute Gasteiger partial charge is 0.354 e. The summed E-state index contributed by atoms with van der Waals surface area (Å²) >= 11 is 0. The van der Waals surface area contributed by atoms with Crippen molar-refractivity contribution in [3.63, 3.8) is 0 Å². The lowest BCUT2D eigenvalue weighted by atomic mass is 10.1. The molecule has 1 aliphatic rings. The Morgan fingerprint density at radius 2 is 1.97 bits per heavy atom. The van der Waals surface area contributed by atoms with Gasteiger partial charge in [0, 0.05) is 55.9 Å². The Kier molecular flexibility index (Phi) is 5.91. The second kappa shape index (κ2) is 8.78. The standard InChI is InChI=1S/C25H28N4O2/c1-4-6-22-17(2)13-21(25(31)27-22)24-15-20-14-19(7-8-23(20)26-24)16-28-9-5-10-29(12-11-28)18(3)30/h4,6-8,13-15,26H,1-2,5,9-12,16H2,3H3,(H,27,31)/b22-6+. The van der Waals surface area contributed by atoms with E-state index in [0.717, 1.165) is 61.0 Å². The molecule has 1 saturated heterocycles. The van der Waals surface area contributed by atoms with Crippen LogP contribution in [0.3, 0.4) is 0 Å². The molecule has 0 unspecified atom stereocenters. The molecule has 0 aliphatic carbocycles. The van der Waals surface area contributed by atoms with Gasteiger partial charge in [-0.05, 0) is 47.5 Å². The smallest absolute Gasteiger partial charge is 0.257 e. The number of nitrogens with one attached hydrogen (secondary N) is 2. The van der Waals surface area contributed by atoms with Gasteiger partial charge in [0.2, 0.25) is 5.91 Å². The molecule has 6 heteroatoms. The lowest BCUT2D eigenvalue weighted by Gasteiger charge is -2.21. The highest BCUT2D eigenvalue weighted by molar-refractivity contribution is 5.86. The normalized spacial score (nSPS) is 15.9. The van der Waals surface area contributed by atoms with Gasteiger partial charge in [0.05, 0.1) is 11.3 Å². The van der Waals surface area contributed by atoms with Gasteiger partial charge in [-0.25, -0.2) is 0 Å². The fraction of sp³-hybridized carbons (Fsp3) is 0.280. The van der Waals surface area contributed by atoms with Crippen molar-refractivity contribution in [2.24, 2.45) is 0 Å².